The molecule has 1 heterocycles. The first-order valence-electron chi connectivity index (χ1n) is 5.50. The van der Waals surface area contributed by atoms with Crippen LogP contribution in [0, 0.1) is 0 Å². The zero-order valence-electron chi connectivity index (χ0n) is 10.4. The molecule has 0 bridgehead atoms. The molecule has 0 fully saturated rings. The van der Waals surface area contributed by atoms with Gasteiger partial charge in [-0.15, -0.1) is 0 Å². The molecule has 1 aromatic heterocycles. The van der Waals surface area contributed by atoms with E-state index in [4.69, 9.17) is 4.74 Å². The molecule has 0 amide bonds. The molecule has 2 rings (SSSR count). The molecule has 0 radical (unpaired) electrons. The molecule has 0 spiro atoms. The Balaban J connectivity index is 2.44. The fourth-order valence-corrected chi connectivity index (χ4v) is 2.30. The highest BCUT2D eigenvalue weighted by atomic mass is 79.9. The highest BCUT2D eigenvalue weighted by Crippen LogP contribution is 2.31. The number of benzene rings is 1. The minimum absolute atomic E-state index is 0.0707. The van der Waals surface area contributed by atoms with E-state index in [-0.39, 0.29) is 11.4 Å². The molecule has 104 valence electrons. The minimum atomic E-state index is -1.06. The molecular weight excluding hydrogens is 392 g/mol. The van der Waals surface area contributed by atoms with Gasteiger partial charge in [0.1, 0.15) is 17.1 Å². The van der Waals surface area contributed by atoms with Crippen molar-refractivity contribution in [1.82, 2.24) is 4.98 Å². The van der Waals surface area contributed by atoms with Crippen LogP contribution in [0.2, 0.25) is 0 Å². The minimum Gasteiger partial charge on any atom is -0.495 e. The summed E-state index contributed by atoms with van der Waals surface area (Å²) in [6.07, 6.45) is 1.53. The Morgan fingerprint density at radius 1 is 1.30 bits per heavy atom. The number of carboxylic acid groups (broad SMARTS) is 1. The van der Waals surface area contributed by atoms with Crippen LogP contribution in [0.5, 0.6) is 5.75 Å². The molecule has 2 aromatic rings. The molecule has 0 aliphatic heterocycles. The molecule has 0 aliphatic rings. The van der Waals surface area contributed by atoms with Crippen molar-refractivity contribution in [3.8, 4) is 5.75 Å². The fraction of sp³-hybridized carbons (Fsp3) is 0.0769. The van der Waals surface area contributed by atoms with Crippen molar-refractivity contribution >= 4 is 49.3 Å². The summed E-state index contributed by atoms with van der Waals surface area (Å²) in [7, 11) is 1.54. The van der Waals surface area contributed by atoms with Gasteiger partial charge in [0.25, 0.3) is 0 Å². The predicted octanol–water partition coefficient (Wildman–Crippen LogP) is 4.06. The van der Waals surface area contributed by atoms with Gasteiger partial charge >= 0.3 is 5.97 Å². The predicted molar refractivity (Wildman–Crippen MR) is 82.9 cm³/mol. The number of halogens is 2. The molecule has 0 saturated carbocycles. The van der Waals surface area contributed by atoms with Gasteiger partial charge in [0, 0.05) is 15.1 Å². The number of carboxylic acids is 1. The second-order valence-corrected chi connectivity index (χ2v) is 5.66. The lowest BCUT2D eigenvalue weighted by atomic mass is 10.2. The zero-order valence-corrected chi connectivity index (χ0v) is 13.5. The van der Waals surface area contributed by atoms with Crippen molar-refractivity contribution in [2.24, 2.45) is 0 Å². The third-order valence-corrected chi connectivity index (χ3v) is 3.43. The molecular formula is C13H10Br2N2O3. The number of aromatic carboxylic acids is 1. The van der Waals surface area contributed by atoms with Crippen molar-refractivity contribution in [3.63, 3.8) is 0 Å². The van der Waals surface area contributed by atoms with Gasteiger partial charge < -0.3 is 15.2 Å². The third-order valence-electron chi connectivity index (χ3n) is 2.50. The van der Waals surface area contributed by atoms with Gasteiger partial charge in [0.15, 0.2) is 0 Å². The molecule has 2 N–H and O–H groups in total. The fourth-order valence-electron chi connectivity index (χ4n) is 1.61. The Hall–Kier alpha value is -1.60. The maximum atomic E-state index is 11.2. The average Bonchev–Trinajstić information content (AvgIpc) is 2.41. The van der Waals surface area contributed by atoms with E-state index in [1.165, 1.54) is 12.3 Å². The quantitative estimate of drug-likeness (QED) is 0.808. The van der Waals surface area contributed by atoms with Crippen molar-refractivity contribution in [3.05, 3.63) is 45.0 Å². The van der Waals surface area contributed by atoms with Crippen molar-refractivity contribution in [2.75, 3.05) is 12.4 Å². The maximum Gasteiger partial charge on any atom is 0.339 e. The highest BCUT2D eigenvalue weighted by Gasteiger charge is 2.14. The number of ether oxygens (including phenoxy) is 1. The Morgan fingerprint density at radius 2 is 2.05 bits per heavy atom. The Labute approximate surface area is 132 Å². The van der Waals surface area contributed by atoms with Gasteiger partial charge in [0.05, 0.1) is 12.8 Å². The lowest BCUT2D eigenvalue weighted by Gasteiger charge is -2.12. The zero-order chi connectivity index (χ0) is 14.7. The van der Waals surface area contributed by atoms with Crippen LogP contribution in [0.25, 0.3) is 0 Å². The Morgan fingerprint density at radius 3 is 2.70 bits per heavy atom. The number of anilines is 2. The van der Waals surface area contributed by atoms with Gasteiger partial charge in [-0.25, -0.2) is 9.78 Å². The van der Waals surface area contributed by atoms with Crippen LogP contribution in [0.1, 0.15) is 10.4 Å². The van der Waals surface area contributed by atoms with Crippen LogP contribution in [0.15, 0.2) is 39.4 Å². The summed E-state index contributed by atoms with van der Waals surface area (Å²) in [6.45, 7) is 0. The van der Waals surface area contributed by atoms with Crippen LogP contribution in [0.4, 0.5) is 11.5 Å². The van der Waals surface area contributed by atoms with E-state index in [0.29, 0.717) is 15.9 Å². The summed E-state index contributed by atoms with van der Waals surface area (Å²) in [5.41, 5.74) is 0.695. The van der Waals surface area contributed by atoms with Crippen LogP contribution >= 0.6 is 31.9 Å². The molecule has 0 unspecified atom stereocenters. The first kappa shape index (κ1) is 14.8. The molecule has 0 saturated heterocycles. The number of rotatable bonds is 4. The number of carbonyl (C=O) groups is 1. The summed E-state index contributed by atoms with van der Waals surface area (Å²) in [6, 6.07) is 6.87. The van der Waals surface area contributed by atoms with Gasteiger partial charge in [-0.3, -0.25) is 0 Å². The molecule has 0 aliphatic carbocycles. The van der Waals surface area contributed by atoms with Crippen molar-refractivity contribution < 1.29 is 14.6 Å². The number of aromatic nitrogens is 1. The highest BCUT2D eigenvalue weighted by molar-refractivity contribution is 9.10. The summed E-state index contributed by atoms with van der Waals surface area (Å²) in [5, 5.41) is 12.2. The van der Waals surface area contributed by atoms with Gasteiger partial charge in [-0.1, -0.05) is 15.9 Å². The topological polar surface area (TPSA) is 71.5 Å². The lowest BCUT2D eigenvalue weighted by Crippen LogP contribution is -2.05. The molecule has 0 atom stereocenters. The van der Waals surface area contributed by atoms with E-state index in [2.05, 4.69) is 42.2 Å². The summed E-state index contributed by atoms with van der Waals surface area (Å²) < 4.78 is 6.67. The van der Waals surface area contributed by atoms with E-state index in [1.807, 2.05) is 6.07 Å². The first-order chi connectivity index (χ1) is 9.51. The number of pyridine rings is 1. The van der Waals surface area contributed by atoms with E-state index in [1.54, 1.807) is 19.2 Å². The van der Waals surface area contributed by atoms with Crippen LogP contribution in [-0.4, -0.2) is 23.2 Å². The first-order valence-corrected chi connectivity index (χ1v) is 7.09. The van der Waals surface area contributed by atoms with Gasteiger partial charge in [-0.05, 0) is 40.2 Å². The number of hydrogen-bond donors (Lipinski definition) is 2. The summed E-state index contributed by atoms with van der Waals surface area (Å²) in [5.74, 6) is -0.221. The SMILES string of the molecule is COc1ccc(Br)cc1Nc1ncc(Br)cc1C(=O)O. The average molecular weight is 402 g/mol. The summed E-state index contributed by atoms with van der Waals surface area (Å²) in [4.78, 5) is 15.3. The Bertz CT molecular complexity index is 662. The van der Waals surface area contributed by atoms with E-state index in [9.17, 15) is 9.90 Å². The molecule has 5 nitrogen and oxygen atoms in total. The number of hydrogen-bond acceptors (Lipinski definition) is 4. The monoisotopic (exact) mass is 400 g/mol. The van der Waals surface area contributed by atoms with Crippen molar-refractivity contribution in [1.29, 1.82) is 0 Å². The smallest absolute Gasteiger partial charge is 0.339 e. The second kappa shape index (κ2) is 6.23. The number of nitrogens with zero attached hydrogens (tertiary/aromatic N) is 1. The Kier molecular flexibility index (Phi) is 4.61. The molecule has 20 heavy (non-hydrogen) atoms. The van der Waals surface area contributed by atoms with Crippen LogP contribution < -0.4 is 10.1 Å². The maximum absolute atomic E-state index is 11.2. The number of nitrogens with one attached hydrogen (secondary N) is 1. The standard InChI is InChI=1S/C13H10Br2N2O3/c1-20-11-3-2-7(14)5-10(11)17-12-9(13(18)19)4-8(15)6-16-12/h2-6H,1H3,(H,16,17)(H,18,19). The largest absolute Gasteiger partial charge is 0.495 e. The van der Waals surface area contributed by atoms with Gasteiger partial charge in [-0.2, -0.15) is 0 Å². The van der Waals surface area contributed by atoms with E-state index in [0.717, 1.165) is 4.47 Å². The molecule has 1 aromatic carbocycles. The normalized spacial score (nSPS) is 10.2. The second-order valence-electron chi connectivity index (χ2n) is 3.82. The lowest BCUT2D eigenvalue weighted by molar-refractivity contribution is 0.0697. The van der Waals surface area contributed by atoms with E-state index >= 15 is 0 Å². The van der Waals surface area contributed by atoms with Crippen LogP contribution in [-0.2, 0) is 0 Å². The van der Waals surface area contributed by atoms with E-state index < -0.39 is 5.97 Å². The van der Waals surface area contributed by atoms with Crippen LogP contribution in [0.3, 0.4) is 0 Å². The summed E-state index contributed by atoms with van der Waals surface area (Å²) >= 11 is 6.56. The number of methoxy groups -OCH3 is 1. The van der Waals surface area contributed by atoms with Gasteiger partial charge in [0.2, 0.25) is 0 Å². The third kappa shape index (κ3) is 3.29. The van der Waals surface area contributed by atoms with Crippen molar-refractivity contribution in [2.45, 2.75) is 0 Å². The molecule has 7 heteroatoms.